The van der Waals surface area contributed by atoms with E-state index in [-0.39, 0.29) is 5.75 Å². The van der Waals surface area contributed by atoms with Gasteiger partial charge in [-0.15, -0.1) is 0 Å². The molecule has 0 saturated carbocycles. The maximum absolute atomic E-state index is 15.6. The molecule has 0 fully saturated rings. The van der Waals surface area contributed by atoms with E-state index in [1.165, 1.54) is 6.07 Å². The Labute approximate surface area is 248 Å². The molecule has 0 spiro atoms. The number of fused-ring (bicyclic) bond motifs is 2. The van der Waals surface area contributed by atoms with Crippen LogP contribution >= 0.6 is 0 Å². The number of aliphatic carboxylic acids is 1. The van der Waals surface area contributed by atoms with E-state index in [9.17, 15) is 9.90 Å². The van der Waals surface area contributed by atoms with Crippen LogP contribution in [0.25, 0.3) is 39.3 Å². The quantitative estimate of drug-likeness (QED) is 0.244. The molecule has 4 heterocycles. The van der Waals surface area contributed by atoms with Gasteiger partial charge in [0.2, 0.25) is 0 Å². The van der Waals surface area contributed by atoms with Gasteiger partial charge in [-0.25, -0.2) is 18.7 Å². The number of carboxylic acid groups (broad SMARTS) is 1. The predicted molar refractivity (Wildman–Crippen MR) is 161 cm³/mol. The van der Waals surface area contributed by atoms with Crippen molar-refractivity contribution in [2.45, 2.75) is 59.2 Å². The van der Waals surface area contributed by atoms with Crippen LogP contribution in [0.4, 0.5) is 4.39 Å². The fourth-order valence-corrected chi connectivity index (χ4v) is 5.77. The lowest BCUT2D eigenvalue weighted by molar-refractivity contribution is -0.160. The van der Waals surface area contributed by atoms with Crippen molar-refractivity contribution >= 4 is 11.6 Å². The molecule has 0 amide bonds. The molecular weight excluding hydrogens is 549 g/mol. The van der Waals surface area contributed by atoms with Crippen LogP contribution in [0.1, 0.15) is 55.7 Å². The minimum atomic E-state index is -1.37. The van der Waals surface area contributed by atoms with Crippen LogP contribution in [0, 0.1) is 19.7 Å². The van der Waals surface area contributed by atoms with Crippen LogP contribution < -0.4 is 4.74 Å². The van der Waals surface area contributed by atoms with Crippen molar-refractivity contribution in [2.75, 3.05) is 6.61 Å². The van der Waals surface area contributed by atoms with Crippen LogP contribution in [-0.2, 0) is 23.0 Å². The first-order valence-electron chi connectivity index (χ1n) is 14.3. The summed E-state index contributed by atoms with van der Waals surface area (Å²) in [6.07, 6.45) is 3.79. The Kier molecular flexibility index (Phi) is 7.04. The Hall–Kier alpha value is -4.57. The Bertz CT molecular complexity index is 1880. The molecule has 222 valence electrons. The van der Waals surface area contributed by atoms with E-state index in [4.69, 9.17) is 19.6 Å². The summed E-state index contributed by atoms with van der Waals surface area (Å²) < 4.78 is 30.8. The van der Waals surface area contributed by atoms with E-state index in [1.807, 2.05) is 50.5 Å². The minimum absolute atomic E-state index is 0.255. The van der Waals surface area contributed by atoms with Gasteiger partial charge in [0.1, 0.15) is 0 Å². The lowest BCUT2D eigenvalue weighted by atomic mass is 9.91. The second kappa shape index (κ2) is 10.6. The lowest BCUT2D eigenvalue weighted by Gasteiger charge is -2.28. The summed E-state index contributed by atoms with van der Waals surface area (Å²) in [6, 6.07) is 11.2. The molecule has 1 atom stereocenters. The van der Waals surface area contributed by atoms with E-state index in [1.54, 1.807) is 43.1 Å². The molecule has 0 bridgehead atoms. The predicted octanol–water partition coefficient (Wildman–Crippen LogP) is 6.49. The van der Waals surface area contributed by atoms with E-state index >= 15 is 4.39 Å². The molecule has 6 rings (SSSR count). The first-order chi connectivity index (χ1) is 20.4. The number of aromatic nitrogens is 5. The molecule has 0 aliphatic carbocycles. The summed E-state index contributed by atoms with van der Waals surface area (Å²) in [6.45, 7) is 9.51. The number of rotatable bonds is 6. The van der Waals surface area contributed by atoms with Gasteiger partial charge < -0.3 is 14.6 Å². The Morgan fingerprint density at radius 1 is 1.14 bits per heavy atom. The molecule has 0 radical (unpaired) electrons. The van der Waals surface area contributed by atoms with Gasteiger partial charge in [0.05, 0.1) is 29.8 Å². The fourth-order valence-electron chi connectivity index (χ4n) is 5.77. The number of nitrogens with zero attached hydrogens (tertiary/aromatic N) is 5. The van der Waals surface area contributed by atoms with Gasteiger partial charge in [-0.2, -0.15) is 10.2 Å². The van der Waals surface area contributed by atoms with Crippen molar-refractivity contribution in [3.05, 3.63) is 77.0 Å². The van der Waals surface area contributed by atoms with Crippen molar-refractivity contribution in [3.63, 3.8) is 0 Å². The first kappa shape index (κ1) is 28.5. The molecule has 1 aliphatic rings. The Balaban J connectivity index is 1.63. The topological polar surface area (TPSA) is 104 Å². The molecule has 0 unspecified atom stereocenters. The van der Waals surface area contributed by atoms with Crippen molar-refractivity contribution in [1.82, 2.24) is 24.4 Å². The largest absolute Gasteiger partial charge is 0.490 e. The van der Waals surface area contributed by atoms with E-state index in [0.29, 0.717) is 46.9 Å². The summed E-state index contributed by atoms with van der Waals surface area (Å²) >= 11 is 0. The Morgan fingerprint density at radius 2 is 1.91 bits per heavy atom. The fraction of sp³-hybridized carbons (Fsp3) is 0.333. The van der Waals surface area contributed by atoms with Crippen molar-refractivity contribution in [3.8, 4) is 39.4 Å². The second-order valence-electron chi connectivity index (χ2n) is 12.0. The lowest BCUT2D eigenvalue weighted by Crippen LogP contribution is -2.29. The summed E-state index contributed by atoms with van der Waals surface area (Å²) in [5.74, 6) is -1.41. The third-order valence-corrected chi connectivity index (χ3v) is 7.68. The van der Waals surface area contributed by atoms with E-state index in [2.05, 4.69) is 5.10 Å². The van der Waals surface area contributed by atoms with Crippen molar-refractivity contribution in [1.29, 1.82) is 0 Å². The zero-order valence-corrected chi connectivity index (χ0v) is 25.1. The van der Waals surface area contributed by atoms with Crippen LogP contribution in [-0.4, -0.2) is 47.7 Å². The minimum Gasteiger partial charge on any atom is -0.490 e. The van der Waals surface area contributed by atoms with Gasteiger partial charge in [-0.3, -0.25) is 4.68 Å². The van der Waals surface area contributed by atoms with Crippen LogP contribution in [0.5, 0.6) is 5.75 Å². The molecule has 10 heteroatoms. The van der Waals surface area contributed by atoms with Gasteiger partial charge in [-0.1, -0.05) is 18.2 Å². The smallest absolute Gasteiger partial charge is 0.337 e. The van der Waals surface area contributed by atoms with Crippen LogP contribution in [0.15, 0.2) is 48.8 Å². The number of carbonyl (C=O) groups is 1. The van der Waals surface area contributed by atoms with Crippen molar-refractivity contribution < 1.29 is 23.8 Å². The molecule has 3 aromatic heterocycles. The highest BCUT2D eigenvalue weighted by atomic mass is 19.1. The third kappa shape index (κ3) is 5.27. The summed E-state index contributed by atoms with van der Waals surface area (Å²) in [4.78, 5) is 17.5. The second-order valence-corrected chi connectivity index (χ2v) is 12.0. The summed E-state index contributed by atoms with van der Waals surface area (Å²) in [7, 11) is 1.87. The number of carboxylic acids is 1. The standard InChI is InChI=1S/C33H34FN5O4/c1-18-23-11-8-12-42-30(23)25(34)14-24(18)29-28(31(32(40)41)43-33(3,4)5)19(2)36-27-15-26(37-39(27)29)21-10-7-9-20(13-21)22-16-35-38(6)17-22/h7,9-10,13-17,31H,8,11-12H2,1-6H3,(H,40,41)/t31-/m0/s1. The number of hydrogen-bond donors (Lipinski definition) is 1. The highest BCUT2D eigenvalue weighted by molar-refractivity contribution is 5.83. The van der Waals surface area contributed by atoms with Crippen LogP contribution in [0.3, 0.4) is 0 Å². The average Bonchev–Trinajstić information content (AvgIpc) is 3.59. The van der Waals surface area contributed by atoms with Gasteiger partial charge in [-0.05, 0) is 70.7 Å². The summed E-state index contributed by atoms with van der Waals surface area (Å²) in [5, 5.41) is 19.7. The number of ether oxygens (including phenoxy) is 2. The Morgan fingerprint density at radius 3 is 2.60 bits per heavy atom. The first-order valence-corrected chi connectivity index (χ1v) is 14.3. The highest BCUT2D eigenvalue weighted by Crippen LogP contribution is 2.42. The summed E-state index contributed by atoms with van der Waals surface area (Å²) in [5.41, 5.74) is 6.47. The van der Waals surface area contributed by atoms with Crippen molar-refractivity contribution in [2.24, 2.45) is 7.05 Å². The van der Waals surface area contributed by atoms with E-state index < -0.39 is 23.5 Å². The molecule has 43 heavy (non-hydrogen) atoms. The third-order valence-electron chi connectivity index (χ3n) is 7.68. The molecule has 9 nitrogen and oxygen atoms in total. The van der Waals surface area contributed by atoms with Gasteiger partial charge >= 0.3 is 5.97 Å². The maximum atomic E-state index is 15.6. The van der Waals surface area contributed by atoms with Gasteiger partial charge in [0.15, 0.2) is 23.3 Å². The van der Waals surface area contributed by atoms with Crippen LogP contribution in [0.2, 0.25) is 0 Å². The zero-order valence-electron chi connectivity index (χ0n) is 25.1. The van der Waals surface area contributed by atoms with E-state index in [0.717, 1.165) is 34.2 Å². The molecule has 2 aromatic carbocycles. The van der Waals surface area contributed by atoms with Gasteiger partial charge in [0, 0.05) is 52.8 Å². The zero-order chi connectivity index (χ0) is 30.6. The highest BCUT2D eigenvalue weighted by Gasteiger charge is 2.34. The molecule has 1 aliphatic heterocycles. The number of halogens is 1. The molecule has 5 aromatic rings. The molecule has 0 saturated heterocycles. The average molecular weight is 584 g/mol. The molecular formula is C33H34FN5O4. The number of benzene rings is 2. The maximum Gasteiger partial charge on any atom is 0.337 e. The number of aryl methyl sites for hydroxylation is 2. The molecule has 1 N–H and O–H groups in total. The number of hydrogen-bond acceptors (Lipinski definition) is 6. The van der Waals surface area contributed by atoms with Gasteiger partial charge in [0.25, 0.3) is 0 Å². The monoisotopic (exact) mass is 583 g/mol. The SMILES string of the molecule is Cc1nc2cc(-c3cccc(-c4cnn(C)c4)c3)nn2c(-c2cc(F)c3c(c2C)CCCO3)c1[C@H](OC(C)(C)C)C(=O)O. The normalized spacial score (nSPS) is 14.0.